The molecule has 0 N–H and O–H groups in total. The predicted molar refractivity (Wildman–Crippen MR) is 97.0 cm³/mol. The third-order valence-electron chi connectivity index (χ3n) is 2.94. The van der Waals surface area contributed by atoms with Crippen LogP contribution in [0.1, 0.15) is 11.1 Å². The molecule has 2 aromatic rings. The molecule has 0 atom stereocenters. The molecule has 0 saturated carbocycles. The van der Waals surface area contributed by atoms with E-state index in [2.05, 4.69) is 31.9 Å². The fraction of sp³-hybridized carbons (Fsp3) is 0.111. The Kier molecular flexibility index (Phi) is 7.21. The molecule has 0 aliphatic heterocycles. The number of ether oxygens (including phenoxy) is 2. The summed E-state index contributed by atoms with van der Waals surface area (Å²) in [5.41, 5.74) is 1.72. The number of benzene rings is 2. The summed E-state index contributed by atoms with van der Waals surface area (Å²) in [7, 11) is 0. The standard InChI is InChI=1S/C18H14Br2O4/c19-15-5-1-13(2-6-15)11-23-17(21)9-10-18(22)24-12-14-3-7-16(20)8-4-14/h1-10H,11-12H2/b10-9-. The Bertz CT molecular complexity index is 658. The van der Waals surface area contributed by atoms with Crippen molar-refractivity contribution in [3.05, 3.63) is 80.8 Å². The minimum absolute atomic E-state index is 0.143. The lowest BCUT2D eigenvalue weighted by atomic mass is 10.2. The van der Waals surface area contributed by atoms with Gasteiger partial charge in [-0.15, -0.1) is 0 Å². The van der Waals surface area contributed by atoms with Crippen molar-refractivity contribution in [3.8, 4) is 0 Å². The Morgan fingerprint density at radius 2 is 1.04 bits per heavy atom. The maximum atomic E-state index is 11.6. The first-order chi connectivity index (χ1) is 11.5. The van der Waals surface area contributed by atoms with Crippen molar-refractivity contribution in [2.45, 2.75) is 13.2 Å². The average Bonchev–Trinajstić information content (AvgIpc) is 2.59. The van der Waals surface area contributed by atoms with Crippen LogP contribution in [-0.4, -0.2) is 11.9 Å². The molecule has 0 saturated heterocycles. The SMILES string of the molecule is O=C(/C=C\C(=O)OCc1ccc(Br)cc1)OCc1ccc(Br)cc1. The summed E-state index contributed by atoms with van der Waals surface area (Å²) < 4.78 is 12.0. The first-order valence-electron chi connectivity index (χ1n) is 7.03. The van der Waals surface area contributed by atoms with E-state index >= 15 is 0 Å². The second-order valence-electron chi connectivity index (χ2n) is 4.80. The van der Waals surface area contributed by atoms with Gasteiger partial charge in [0.05, 0.1) is 0 Å². The first kappa shape index (κ1) is 18.4. The Labute approximate surface area is 156 Å². The third-order valence-corrected chi connectivity index (χ3v) is 4.00. The summed E-state index contributed by atoms with van der Waals surface area (Å²) in [5, 5.41) is 0. The molecule has 0 aliphatic rings. The largest absolute Gasteiger partial charge is 0.458 e. The molecule has 0 aliphatic carbocycles. The van der Waals surface area contributed by atoms with E-state index in [1.807, 2.05) is 48.5 Å². The molecule has 0 spiro atoms. The van der Waals surface area contributed by atoms with Crippen molar-refractivity contribution in [3.63, 3.8) is 0 Å². The van der Waals surface area contributed by atoms with Gasteiger partial charge < -0.3 is 9.47 Å². The Balaban J connectivity index is 1.73. The zero-order valence-electron chi connectivity index (χ0n) is 12.6. The van der Waals surface area contributed by atoms with Gasteiger partial charge in [0, 0.05) is 21.1 Å². The predicted octanol–water partition coefficient (Wildman–Crippen LogP) is 4.55. The molecule has 0 unspecified atom stereocenters. The van der Waals surface area contributed by atoms with Crippen molar-refractivity contribution in [2.24, 2.45) is 0 Å². The van der Waals surface area contributed by atoms with Crippen LogP contribution < -0.4 is 0 Å². The molecule has 2 aromatic carbocycles. The second kappa shape index (κ2) is 9.39. The monoisotopic (exact) mass is 452 g/mol. The summed E-state index contributed by atoms with van der Waals surface area (Å²) in [5.74, 6) is -1.20. The van der Waals surface area contributed by atoms with Crippen molar-refractivity contribution < 1.29 is 19.1 Å². The number of esters is 2. The molecule has 6 heteroatoms. The summed E-state index contributed by atoms with van der Waals surface area (Å²) >= 11 is 6.66. The third kappa shape index (κ3) is 6.68. The zero-order valence-corrected chi connectivity index (χ0v) is 15.7. The van der Waals surface area contributed by atoms with E-state index in [0.29, 0.717) is 0 Å². The highest BCUT2D eigenvalue weighted by Crippen LogP contribution is 2.12. The van der Waals surface area contributed by atoms with E-state index in [0.717, 1.165) is 32.2 Å². The topological polar surface area (TPSA) is 52.6 Å². The van der Waals surface area contributed by atoms with Gasteiger partial charge in [-0.25, -0.2) is 9.59 Å². The van der Waals surface area contributed by atoms with Crippen molar-refractivity contribution >= 4 is 43.8 Å². The van der Waals surface area contributed by atoms with E-state index in [1.54, 1.807) is 0 Å². The molecule has 124 valence electrons. The van der Waals surface area contributed by atoms with Gasteiger partial charge in [-0.05, 0) is 35.4 Å². The van der Waals surface area contributed by atoms with Crippen LogP contribution in [0.2, 0.25) is 0 Å². The lowest BCUT2D eigenvalue weighted by Gasteiger charge is -2.03. The van der Waals surface area contributed by atoms with E-state index in [4.69, 9.17) is 9.47 Å². The van der Waals surface area contributed by atoms with Crippen LogP contribution in [0.3, 0.4) is 0 Å². The molecule has 0 aromatic heterocycles. The van der Waals surface area contributed by atoms with Crippen LogP contribution >= 0.6 is 31.9 Å². The van der Waals surface area contributed by atoms with E-state index in [-0.39, 0.29) is 13.2 Å². The highest BCUT2D eigenvalue weighted by molar-refractivity contribution is 9.10. The normalized spacial score (nSPS) is 10.6. The molecule has 0 fully saturated rings. The molecule has 0 radical (unpaired) electrons. The molecule has 24 heavy (non-hydrogen) atoms. The van der Waals surface area contributed by atoms with E-state index < -0.39 is 11.9 Å². The molecule has 0 heterocycles. The number of hydrogen-bond donors (Lipinski definition) is 0. The Morgan fingerprint density at radius 1 is 0.708 bits per heavy atom. The number of rotatable bonds is 6. The molecular formula is C18H14Br2O4. The first-order valence-corrected chi connectivity index (χ1v) is 8.62. The smallest absolute Gasteiger partial charge is 0.331 e. The average molecular weight is 454 g/mol. The highest BCUT2D eigenvalue weighted by atomic mass is 79.9. The fourth-order valence-electron chi connectivity index (χ4n) is 1.70. The van der Waals surface area contributed by atoms with Crippen LogP contribution in [0.4, 0.5) is 0 Å². The van der Waals surface area contributed by atoms with Gasteiger partial charge in [-0.2, -0.15) is 0 Å². The number of hydrogen-bond acceptors (Lipinski definition) is 4. The number of carbonyl (C=O) groups excluding carboxylic acids is 2. The van der Waals surface area contributed by atoms with Crippen molar-refractivity contribution in [1.82, 2.24) is 0 Å². The molecule has 4 nitrogen and oxygen atoms in total. The summed E-state index contributed by atoms with van der Waals surface area (Å²) in [6.45, 7) is 0.286. The number of carbonyl (C=O) groups is 2. The van der Waals surface area contributed by atoms with Gasteiger partial charge in [-0.3, -0.25) is 0 Å². The van der Waals surface area contributed by atoms with Crippen LogP contribution in [0, 0.1) is 0 Å². The van der Waals surface area contributed by atoms with Gasteiger partial charge in [0.2, 0.25) is 0 Å². The lowest BCUT2D eigenvalue weighted by molar-refractivity contribution is -0.141. The second-order valence-corrected chi connectivity index (χ2v) is 6.63. The maximum Gasteiger partial charge on any atom is 0.331 e. The molecular weight excluding hydrogens is 440 g/mol. The van der Waals surface area contributed by atoms with Crippen LogP contribution in [0.25, 0.3) is 0 Å². The van der Waals surface area contributed by atoms with Gasteiger partial charge in [0.15, 0.2) is 0 Å². The van der Waals surface area contributed by atoms with Gasteiger partial charge >= 0.3 is 11.9 Å². The van der Waals surface area contributed by atoms with Gasteiger partial charge in [0.25, 0.3) is 0 Å². The molecule has 2 rings (SSSR count). The lowest BCUT2D eigenvalue weighted by Crippen LogP contribution is -2.04. The van der Waals surface area contributed by atoms with Crippen LogP contribution in [0.5, 0.6) is 0 Å². The Morgan fingerprint density at radius 3 is 1.38 bits per heavy atom. The van der Waals surface area contributed by atoms with E-state index in [9.17, 15) is 9.59 Å². The van der Waals surface area contributed by atoms with Crippen LogP contribution in [-0.2, 0) is 32.3 Å². The van der Waals surface area contributed by atoms with Crippen LogP contribution in [0.15, 0.2) is 69.6 Å². The number of halogens is 2. The molecule has 0 bridgehead atoms. The minimum atomic E-state index is -0.599. The molecule has 0 amide bonds. The summed E-state index contributed by atoms with van der Waals surface area (Å²) in [6.07, 6.45) is 2.12. The van der Waals surface area contributed by atoms with Gasteiger partial charge in [-0.1, -0.05) is 56.1 Å². The van der Waals surface area contributed by atoms with Gasteiger partial charge in [0.1, 0.15) is 13.2 Å². The summed E-state index contributed by atoms with van der Waals surface area (Å²) in [6, 6.07) is 14.8. The summed E-state index contributed by atoms with van der Waals surface area (Å²) in [4.78, 5) is 23.1. The Hall–Kier alpha value is -1.92. The highest BCUT2D eigenvalue weighted by Gasteiger charge is 2.03. The van der Waals surface area contributed by atoms with Crippen molar-refractivity contribution in [2.75, 3.05) is 0 Å². The maximum absolute atomic E-state index is 11.6. The zero-order chi connectivity index (χ0) is 17.4. The fourth-order valence-corrected chi connectivity index (χ4v) is 2.23. The minimum Gasteiger partial charge on any atom is -0.458 e. The quantitative estimate of drug-likeness (QED) is 0.475. The van der Waals surface area contributed by atoms with Crippen molar-refractivity contribution in [1.29, 1.82) is 0 Å². The van der Waals surface area contributed by atoms with E-state index in [1.165, 1.54) is 0 Å².